The predicted octanol–water partition coefficient (Wildman–Crippen LogP) is 13.7. The predicted molar refractivity (Wildman–Crippen MR) is 236 cm³/mol. The third-order valence-electron chi connectivity index (χ3n) is 11.7. The molecule has 0 amide bonds. The molecule has 2 aliphatic carbocycles. The van der Waals surface area contributed by atoms with Crippen LogP contribution in [0.4, 0.5) is 0 Å². The summed E-state index contributed by atoms with van der Waals surface area (Å²) in [6.07, 6.45) is 4.96. The van der Waals surface area contributed by atoms with Gasteiger partial charge >= 0.3 is 330 Å². The number of methoxy groups -OCH3 is 2. The molecule has 0 saturated carbocycles. The standard InChI is InChI=1S/2C23H21O2.C2H6Si.2ClH.Zr/c2*1-14-11-17-12-18(21-10-9-15(2)25-21)13-20(17)23(16(14)3)19-7-5-6-8-22(19)24-4;1-3-2;;;/h2*5-13H,1-4H3;1-2H3;2*1H;. The Bertz CT molecular complexity index is 2410. The maximum absolute atomic E-state index is 6.60. The molecule has 2 aromatic heterocycles. The van der Waals surface area contributed by atoms with Gasteiger partial charge in [-0.15, -0.1) is 24.8 Å². The minimum absolute atomic E-state index is 0. The second-order valence-corrected chi connectivity index (χ2v) is 33.0. The first-order chi connectivity index (χ1) is 26.0. The number of hydrogen-bond acceptors (Lipinski definition) is 4. The van der Waals surface area contributed by atoms with Crippen molar-refractivity contribution >= 4 is 53.5 Å². The van der Waals surface area contributed by atoms with Gasteiger partial charge in [0.05, 0.1) is 0 Å². The van der Waals surface area contributed by atoms with E-state index in [9.17, 15) is 0 Å². The van der Waals surface area contributed by atoms with E-state index in [2.05, 4.69) is 152 Å². The Labute approximate surface area is 352 Å². The molecule has 0 saturated heterocycles. The molecule has 0 aliphatic heterocycles. The topological polar surface area (TPSA) is 44.7 Å². The molecule has 8 heteroatoms. The quantitative estimate of drug-likeness (QED) is 0.143. The van der Waals surface area contributed by atoms with Gasteiger partial charge in [-0.3, -0.25) is 0 Å². The van der Waals surface area contributed by atoms with Gasteiger partial charge in [-0.1, -0.05) is 0 Å². The molecule has 4 aromatic carbocycles. The molecular formula is C48H50Cl2O4SiZr. The van der Waals surface area contributed by atoms with Crippen LogP contribution in [0.1, 0.15) is 74.8 Å². The largest absolute Gasteiger partial charge is 0.147 e. The van der Waals surface area contributed by atoms with Gasteiger partial charge in [0, 0.05) is 0 Å². The monoisotopic (exact) mass is 878 g/mol. The molecule has 0 bridgehead atoms. The average Bonchev–Trinajstić information content (AvgIpc) is 3.96. The van der Waals surface area contributed by atoms with E-state index in [1.165, 1.54) is 66.8 Å². The maximum atomic E-state index is 6.60. The van der Waals surface area contributed by atoms with E-state index in [-0.39, 0.29) is 32.1 Å². The van der Waals surface area contributed by atoms with Crippen LogP contribution in [0.5, 0.6) is 11.5 Å². The van der Waals surface area contributed by atoms with Gasteiger partial charge in [-0.2, -0.15) is 0 Å². The maximum Gasteiger partial charge on any atom is -0.147 e. The zero-order chi connectivity index (χ0) is 38.0. The van der Waals surface area contributed by atoms with E-state index in [0.717, 1.165) is 45.7 Å². The van der Waals surface area contributed by atoms with Crippen LogP contribution in [0.2, 0.25) is 13.1 Å². The van der Waals surface area contributed by atoms with Crippen molar-refractivity contribution in [2.24, 2.45) is 0 Å². The van der Waals surface area contributed by atoms with Crippen LogP contribution in [0.15, 0.2) is 93.8 Å². The molecule has 6 aromatic rings. The number of furan rings is 2. The molecule has 2 aliphatic rings. The molecule has 4 nitrogen and oxygen atoms in total. The molecule has 8 rings (SSSR count). The number of para-hydroxylation sites is 2. The first kappa shape index (κ1) is 41.8. The van der Waals surface area contributed by atoms with Crippen LogP contribution in [0.3, 0.4) is 0 Å². The Morgan fingerprint density at radius 2 is 0.946 bits per heavy atom. The van der Waals surface area contributed by atoms with Gasteiger partial charge in [0.15, 0.2) is 0 Å². The summed E-state index contributed by atoms with van der Waals surface area (Å²) < 4.78 is 25.7. The zero-order valence-electron chi connectivity index (χ0n) is 33.8. The van der Waals surface area contributed by atoms with Gasteiger partial charge in [0.25, 0.3) is 0 Å². The molecule has 56 heavy (non-hydrogen) atoms. The number of rotatable bonds is 8. The minimum Gasteiger partial charge on any atom is -0.147 e. The second kappa shape index (κ2) is 16.6. The van der Waals surface area contributed by atoms with Crippen molar-refractivity contribution in [3.05, 3.63) is 152 Å². The second-order valence-electron chi connectivity index (χ2n) is 15.1. The number of halogens is 2. The van der Waals surface area contributed by atoms with Gasteiger partial charge in [0.2, 0.25) is 0 Å². The fraction of sp³-hybridized carbons (Fsp3) is 0.250. The van der Waals surface area contributed by atoms with E-state index in [0.29, 0.717) is 0 Å². The third-order valence-corrected chi connectivity index (χ3v) is 30.9. The van der Waals surface area contributed by atoms with Crippen LogP contribution >= 0.6 is 24.8 Å². The minimum atomic E-state index is -2.76. The first-order valence-corrected chi connectivity index (χ1v) is 27.8. The first-order valence-electron chi connectivity index (χ1n) is 18.8. The van der Waals surface area contributed by atoms with Crippen LogP contribution < -0.4 is 9.47 Å². The smallest absolute Gasteiger partial charge is 0.147 e. The van der Waals surface area contributed by atoms with Crippen LogP contribution in [-0.2, 0) is 20.4 Å². The van der Waals surface area contributed by atoms with Crippen molar-refractivity contribution in [1.82, 2.24) is 0 Å². The van der Waals surface area contributed by atoms with E-state index in [1.54, 1.807) is 14.2 Å². The SMILES string of the molecule is COc1ccccc1-c1c(C)c(C)cc2c1C=C(c1ccc(C)o1)[CH]2[Zr]([CH]1C(c2ccc(C)o2)=Cc2c1cc(C)c(C)c2-c1ccccc1OC)=[Si](C)C.Cl.Cl. The summed E-state index contributed by atoms with van der Waals surface area (Å²) in [5.41, 5.74) is 17.4. The molecule has 0 N–H and O–H groups in total. The van der Waals surface area contributed by atoms with Gasteiger partial charge in [0.1, 0.15) is 0 Å². The summed E-state index contributed by atoms with van der Waals surface area (Å²) >= 11 is -2.76. The molecule has 2 atom stereocenters. The number of hydrogen-bond donors (Lipinski definition) is 0. The Balaban J connectivity index is 0.00000266. The van der Waals surface area contributed by atoms with Crippen LogP contribution in [-0.4, -0.2) is 19.7 Å². The fourth-order valence-electron chi connectivity index (χ4n) is 8.94. The van der Waals surface area contributed by atoms with Crippen molar-refractivity contribution < 1.29 is 38.7 Å². The van der Waals surface area contributed by atoms with Crippen LogP contribution in [0, 0.1) is 41.5 Å². The number of ether oxygens (including phenoxy) is 2. The number of benzene rings is 4. The van der Waals surface area contributed by atoms with E-state index < -0.39 is 25.8 Å². The number of fused-ring (bicyclic) bond motifs is 2. The summed E-state index contributed by atoms with van der Waals surface area (Å²) in [5.74, 6) is 5.65. The zero-order valence-corrected chi connectivity index (χ0v) is 38.9. The van der Waals surface area contributed by atoms with Gasteiger partial charge in [-0.25, -0.2) is 0 Å². The van der Waals surface area contributed by atoms with Gasteiger partial charge in [-0.05, 0) is 0 Å². The molecule has 0 fully saturated rings. The molecule has 0 spiro atoms. The van der Waals surface area contributed by atoms with E-state index in [1.807, 2.05) is 0 Å². The van der Waals surface area contributed by atoms with Crippen molar-refractivity contribution in [2.75, 3.05) is 14.2 Å². The summed E-state index contributed by atoms with van der Waals surface area (Å²) in [7, 11) is 3.55. The molecular weight excluding hydrogens is 831 g/mol. The van der Waals surface area contributed by atoms with Crippen LogP contribution in [0.25, 0.3) is 45.6 Å². The van der Waals surface area contributed by atoms with Gasteiger partial charge < -0.3 is 0 Å². The van der Waals surface area contributed by atoms with Crippen molar-refractivity contribution in [3.63, 3.8) is 0 Å². The Hall–Kier alpha value is -3.80. The third kappa shape index (κ3) is 6.95. The average molecular weight is 881 g/mol. The summed E-state index contributed by atoms with van der Waals surface area (Å²) in [6.45, 7) is 18.4. The summed E-state index contributed by atoms with van der Waals surface area (Å²) in [4.78, 5) is 0. The van der Waals surface area contributed by atoms with E-state index >= 15 is 0 Å². The molecule has 0 radical (unpaired) electrons. The Morgan fingerprint density at radius 3 is 1.29 bits per heavy atom. The number of allylic oxidation sites excluding steroid dienone is 2. The molecule has 288 valence electrons. The molecule has 2 unspecified atom stereocenters. The Morgan fingerprint density at radius 1 is 0.554 bits per heavy atom. The van der Waals surface area contributed by atoms with Crippen molar-refractivity contribution in [1.29, 1.82) is 0 Å². The van der Waals surface area contributed by atoms with Crippen molar-refractivity contribution in [3.8, 4) is 33.8 Å². The normalized spacial score (nSPS) is 15.2. The Kier molecular flexibility index (Phi) is 12.4. The number of aryl methyl sites for hydroxylation is 4. The van der Waals surface area contributed by atoms with Crippen molar-refractivity contribution in [2.45, 2.75) is 61.9 Å². The summed E-state index contributed by atoms with van der Waals surface area (Å²) in [6, 6.07) is 30.6. The summed E-state index contributed by atoms with van der Waals surface area (Å²) in [5, 5.41) is 0. The fourth-order valence-corrected chi connectivity index (χ4v) is 28.7. The molecule has 2 heterocycles. The van der Waals surface area contributed by atoms with E-state index in [4.69, 9.17) is 18.3 Å².